The van der Waals surface area contributed by atoms with Crippen molar-refractivity contribution in [1.29, 1.82) is 0 Å². The van der Waals surface area contributed by atoms with Gasteiger partial charge in [-0.2, -0.15) is 0 Å². The molecule has 28 heavy (non-hydrogen) atoms. The van der Waals surface area contributed by atoms with E-state index in [4.69, 9.17) is 4.74 Å². The van der Waals surface area contributed by atoms with Gasteiger partial charge >= 0.3 is 0 Å². The number of fused-ring (bicyclic) bond motifs is 1. The van der Waals surface area contributed by atoms with Gasteiger partial charge in [0, 0.05) is 10.3 Å². The lowest BCUT2D eigenvalue weighted by atomic mass is 9.72. The number of amides is 1. The van der Waals surface area contributed by atoms with Crippen molar-refractivity contribution in [2.75, 3.05) is 12.4 Å². The average Bonchev–Trinajstić information content (AvgIpc) is 3.03. The molecule has 0 radical (unpaired) electrons. The quantitative estimate of drug-likeness (QED) is 0.643. The molecule has 0 bridgehead atoms. The van der Waals surface area contributed by atoms with E-state index in [-0.39, 0.29) is 11.3 Å². The van der Waals surface area contributed by atoms with Crippen molar-refractivity contribution >= 4 is 22.9 Å². The average molecular weight is 400 g/mol. The first-order chi connectivity index (χ1) is 13.0. The standard InChI is InChI=1S/C24H33NO2S/c1-23(2,3)15-9-11-20(27-7)19(12-15)25-22(26)18-14-28-21-13-16(24(4,5)6)8-10-17(18)21/h9,11-12,14,16H,8,10,13H2,1-7H3,(H,25,26). The van der Waals surface area contributed by atoms with E-state index >= 15 is 0 Å². The minimum Gasteiger partial charge on any atom is -0.495 e. The molecule has 0 saturated heterocycles. The molecule has 3 nitrogen and oxygen atoms in total. The zero-order valence-electron chi connectivity index (χ0n) is 18.2. The SMILES string of the molecule is COc1ccc(C(C)(C)C)cc1NC(=O)c1csc2c1CCC(C(C)(C)C)C2. The van der Waals surface area contributed by atoms with Crippen molar-refractivity contribution in [3.63, 3.8) is 0 Å². The van der Waals surface area contributed by atoms with Gasteiger partial charge in [0.05, 0.1) is 18.4 Å². The molecule has 1 heterocycles. The summed E-state index contributed by atoms with van der Waals surface area (Å²) in [5.74, 6) is 1.34. The second-order valence-electron chi connectivity index (χ2n) is 9.98. The van der Waals surface area contributed by atoms with Gasteiger partial charge in [-0.1, -0.05) is 47.6 Å². The third-order valence-electron chi connectivity index (χ3n) is 5.94. The topological polar surface area (TPSA) is 38.3 Å². The van der Waals surface area contributed by atoms with Crippen molar-refractivity contribution in [2.45, 2.75) is 66.2 Å². The molecule has 1 aliphatic carbocycles. The zero-order chi connectivity index (χ0) is 20.7. The number of thiophene rings is 1. The summed E-state index contributed by atoms with van der Waals surface area (Å²) in [5, 5.41) is 5.14. The van der Waals surface area contributed by atoms with E-state index in [1.807, 2.05) is 17.5 Å². The molecular formula is C24H33NO2S. The summed E-state index contributed by atoms with van der Waals surface area (Å²) in [6.07, 6.45) is 3.22. The molecule has 4 heteroatoms. The lowest BCUT2D eigenvalue weighted by Crippen LogP contribution is -2.27. The fourth-order valence-corrected chi connectivity index (χ4v) is 5.07. The summed E-state index contributed by atoms with van der Waals surface area (Å²) in [7, 11) is 1.64. The number of nitrogens with one attached hydrogen (secondary N) is 1. The molecule has 1 amide bonds. The molecule has 1 aromatic heterocycles. The van der Waals surface area contributed by atoms with Crippen LogP contribution in [0.1, 0.15) is 74.3 Å². The van der Waals surface area contributed by atoms with Gasteiger partial charge in [-0.15, -0.1) is 11.3 Å². The summed E-state index contributed by atoms with van der Waals surface area (Å²) >= 11 is 1.74. The Bertz CT molecular complexity index is 868. The van der Waals surface area contributed by atoms with Gasteiger partial charge < -0.3 is 10.1 Å². The van der Waals surface area contributed by atoms with Crippen LogP contribution in [0, 0.1) is 11.3 Å². The van der Waals surface area contributed by atoms with Gasteiger partial charge in [0.1, 0.15) is 5.75 Å². The van der Waals surface area contributed by atoms with Crippen molar-refractivity contribution in [3.8, 4) is 5.75 Å². The maximum absolute atomic E-state index is 13.1. The normalized spacial score (nSPS) is 17.2. The first-order valence-electron chi connectivity index (χ1n) is 10.1. The van der Waals surface area contributed by atoms with Crippen LogP contribution in [0.5, 0.6) is 5.75 Å². The molecule has 0 fully saturated rings. The monoisotopic (exact) mass is 399 g/mol. The number of rotatable bonds is 3. The van der Waals surface area contributed by atoms with Crippen LogP contribution in [-0.4, -0.2) is 13.0 Å². The first-order valence-corrected chi connectivity index (χ1v) is 11.0. The minimum atomic E-state index is -0.0314. The fourth-order valence-electron chi connectivity index (χ4n) is 3.90. The van der Waals surface area contributed by atoms with Crippen molar-refractivity contribution in [2.24, 2.45) is 11.3 Å². The van der Waals surface area contributed by atoms with E-state index in [0.29, 0.717) is 17.1 Å². The van der Waals surface area contributed by atoms with Crippen LogP contribution in [0.4, 0.5) is 5.69 Å². The number of methoxy groups -OCH3 is 1. The zero-order valence-corrected chi connectivity index (χ0v) is 19.0. The lowest BCUT2D eigenvalue weighted by Gasteiger charge is -2.34. The van der Waals surface area contributed by atoms with Crippen molar-refractivity contribution < 1.29 is 9.53 Å². The van der Waals surface area contributed by atoms with Crippen LogP contribution >= 0.6 is 11.3 Å². The number of hydrogen-bond acceptors (Lipinski definition) is 3. The Balaban J connectivity index is 1.85. The highest BCUT2D eigenvalue weighted by Crippen LogP contribution is 2.41. The van der Waals surface area contributed by atoms with Crippen LogP contribution in [-0.2, 0) is 18.3 Å². The summed E-state index contributed by atoms with van der Waals surface area (Å²) < 4.78 is 5.48. The Kier molecular flexibility index (Phi) is 5.64. The van der Waals surface area contributed by atoms with E-state index < -0.39 is 0 Å². The van der Waals surface area contributed by atoms with Gasteiger partial charge in [0.15, 0.2) is 0 Å². The van der Waals surface area contributed by atoms with Gasteiger partial charge in [0.25, 0.3) is 5.91 Å². The number of carbonyl (C=O) groups excluding carboxylic acids is 1. The molecule has 1 unspecified atom stereocenters. The number of anilines is 1. The highest BCUT2D eigenvalue weighted by atomic mass is 32.1. The minimum absolute atomic E-state index is 0.00919. The number of benzene rings is 1. The van der Waals surface area contributed by atoms with E-state index in [1.54, 1.807) is 18.4 Å². The maximum atomic E-state index is 13.1. The molecule has 1 aliphatic rings. The molecule has 1 N–H and O–H groups in total. The summed E-state index contributed by atoms with van der Waals surface area (Å²) in [5.41, 5.74) is 4.30. The molecule has 0 spiro atoms. The second kappa shape index (κ2) is 7.55. The number of hydrogen-bond donors (Lipinski definition) is 1. The smallest absolute Gasteiger partial charge is 0.256 e. The second-order valence-corrected chi connectivity index (χ2v) is 10.9. The van der Waals surface area contributed by atoms with Crippen LogP contribution in [0.2, 0.25) is 0 Å². The molecule has 1 aromatic carbocycles. The Labute approximate surface area is 173 Å². The predicted molar refractivity (Wildman–Crippen MR) is 119 cm³/mol. The maximum Gasteiger partial charge on any atom is 0.256 e. The Morgan fingerprint density at radius 3 is 2.50 bits per heavy atom. The van der Waals surface area contributed by atoms with E-state index in [1.165, 1.54) is 16.0 Å². The molecule has 152 valence electrons. The van der Waals surface area contributed by atoms with Gasteiger partial charge in [-0.25, -0.2) is 0 Å². The predicted octanol–water partition coefficient (Wildman–Crippen LogP) is 6.46. The summed E-state index contributed by atoms with van der Waals surface area (Å²) in [6.45, 7) is 13.5. The third kappa shape index (κ3) is 4.27. The van der Waals surface area contributed by atoms with E-state index in [2.05, 4.69) is 52.9 Å². The molecule has 3 rings (SSSR count). The van der Waals surface area contributed by atoms with Crippen LogP contribution in [0.15, 0.2) is 23.6 Å². The van der Waals surface area contributed by atoms with Crippen molar-refractivity contribution in [1.82, 2.24) is 0 Å². The Hall–Kier alpha value is -1.81. The number of carbonyl (C=O) groups is 1. The molecule has 2 aromatic rings. The van der Waals surface area contributed by atoms with Gasteiger partial charge in [0.2, 0.25) is 0 Å². The molecule has 0 aliphatic heterocycles. The fraction of sp³-hybridized carbons (Fsp3) is 0.542. The van der Waals surface area contributed by atoms with Gasteiger partial charge in [-0.05, 0) is 59.3 Å². The Morgan fingerprint density at radius 2 is 1.89 bits per heavy atom. The third-order valence-corrected chi connectivity index (χ3v) is 6.99. The van der Waals surface area contributed by atoms with Crippen molar-refractivity contribution in [3.05, 3.63) is 45.1 Å². The largest absolute Gasteiger partial charge is 0.495 e. The van der Waals surface area contributed by atoms with E-state index in [9.17, 15) is 4.79 Å². The summed E-state index contributed by atoms with van der Waals surface area (Å²) in [6, 6.07) is 6.03. The van der Waals surface area contributed by atoms with Crippen LogP contribution in [0.3, 0.4) is 0 Å². The molecule has 1 atom stereocenters. The molecule has 0 saturated carbocycles. The van der Waals surface area contributed by atoms with Gasteiger partial charge in [-0.3, -0.25) is 4.79 Å². The van der Waals surface area contributed by atoms with Crippen LogP contribution in [0.25, 0.3) is 0 Å². The Morgan fingerprint density at radius 1 is 1.18 bits per heavy atom. The highest BCUT2D eigenvalue weighted by molar-refractivity contribution is 7.10. The van der Waals surface area contributed by atoms with Crippen LogP contribution < -0.4 is 10.1 Å². The molecular weight excluding hydrogens is 366 g/mol. The highest BCUT2D eigenvalue weighted by Gasteiger charge is 2.31. The number of ether oxygens (including phenoxy) is 1. The lowest BCUT2D eigenvalue weighted by molar-refractivity contribution is 0.102. The first kappa shape index (κ1) is 20.9. The van der Waals surface area contributed by atoms with E-state index in [0.717, 1.165) is 30.5 Å². The summed E-state index contributed by atoms with van der Waals surface area (Å²) in [4.78, 5) is 14.5.